The predicted molar refractivity (Wildman–Crippen MR) is 56.7 cm³/mol. The van der Waals surface area contributed by atoms with Gasteiger partial charge >= 0.3 is 0 Å². The van der Waals surface area contributed by atoms with Crippen LogP contribution in [0.25, 0.3) is 0 Å². The fourth-order valence-electron chi connectivity index (χ4n) is 1.16. The fourth-order valence-corrected chi connectivity index (χ4v) is 1.16. The summed E-state index contributed by atoms with van der Waals surface area (Å²) in [6.45, 7) is 4.98. The van der Waals surface area contributed by atoms with Crippen LogP contribution in [0.1, 0.15) is 19.4 Å². The summed E-state index contributed by atoms with van der Waals surface area (Å²) in [6.07, 6.45) is 1.58. The smallest absolute Gasteiger partial charge is 0.219 e. The number of ether oxygens (including phenoxy) is 2. The molecule has 0 fully saturated rings. The van der Waals surface area contributed by atoms with E-state index in [1.807, 2.05) is 13.8 Å². The molecule has 0 saturated carbocycles. The van der Waals surface area contributed by atoms with Crippen LogP contribution in [0.3, 0.4) is 0 Å². The first-order valence-electron chi connectivity index (χ1n) is 5.07. The summed E-state index contributed by atoms with van der Waals surface area (Å²) in [7, 11) is 0. The maximum atomic E-state index is 9.06. The van der Waals surface area contributed by atoms with Crippen LogP contribution in [-0.4, -0.2) is 29.4 Å². The lowest BCUT2D eigenvalue weighted by atomic mass is 10.3. The summed E-state index contributed by atoms with van der Waals surface area (Å²) >= 11 is 0. The van der Waals surface area contributed by atoms with E-state index in [9.17, 15) is 0 Å². The number of nitrogens with zero attached hydrogens (tertiary/aromatic N) is 1. The minimum Gasteiger partial charge on any atom is -0.472 e. The Morgan fingerprint density at radius 2 is 2.33 bits per heavy atom. The van der Waals surface area contributed by atoms with Gasteiger partial charge in [0.1, 0.15) is 6.10 Å². The highest BCUT2D eigenvalue weighted by atomic mass is 16.5. The lowest BCUT2D eigenvalue weighted by Gasteiger charge is -2.15. The fraction of sp³-hybridized carbons (Fsp3) is 0.545. The molecule has 0 amide bonds. The van der Waals surface area contributed by atoms with Crippen LogP contribution in [0.4, 0.5) is 0 Å². The van der Waals surface area contributed by atoms with Crippen LogP contribution in [0.15, 0.2) is 18.3 Å². The number of aromatic nitrogens is 1. The van der Waals surface area contributed by atoms with Gasteiger partial charge in [-0.2, -0.15) is 0 Å². The van der Waals surface area contributed by atoms with Crippen molar-refractivity contribution in [2.24, 2.45) is 0 Å². The molecule has 0 aromatic carbocycles. The van der Waals surface area contributed by atoms with Gasteiger partial charge in [0.15, 0.2) is 0 Å². The molecule has 0 spiro atoms. The molecule has 1 heterocycles. The summed E-state index contributed by atoms with van der Waals surface area (Å²) < 4.78 is 10.8. The Morgan fingerprint density at radius 1 is 1.53 bits per heavy atom. The van der Waals surface area contributed by atoms with Gasteiger partial charge in [-0.15, -0.1) is 0 Å². The Morgan fingerprint density at radius 3 is 3.00 bits per heavy atom. The van der Waals surface area contributed by atoms with Crippen LogP contribution >= 0.6 is 0 Å². The van der Waals surface area contributed by atoms with Crippen molar-refractivity contribution in [2.45, 2.75) is 26.6 Å². The van der Waals surface area contributed by atoms with Crippen molar-refractivity contribution in [3.8, 4) is 5.88 Å². The van der Waals surface area contributed by atoms with Crippen LogP contribution in [0.5, 0.6) is 5.88 Å². The van der Waals surface area contributed by atoms with Crippen LogP contribution in [0, 0.1) is 0 Å². The monoisotopic (exact) mass is 211 g/mol. The third-order valence-corrected chi connectivity index (χ3v) is 1.89. The van der Waals surface area contributed by atoms with Gasteiger partial charge in [-0.25, -0.2) is 4.98 Å². The lowest BCUT2D eigenvalue weighted by molar-refractivity contribution is 0.0620. The van der Waals surface area contributed by atoms with E-state index in [2.05, 4.69) is 4.98 Å². The minimum absolute atomic E-state index is 0.0647. The largest absolute Gasteiger partial charge is 0.472 e. The second-order valence-electron chi connectivity index (χ2n) is 3.21. The van der Waals surface area contributed by atoms with Gasteiger partial charge < -0.3 is 14.6 Å². The highest BCUT2D eigenvalue weighted by Gasteiger charge is 2.08. The zero-order valence-corrected chi connectivity index (χ0v) is 9.14. The van der Waals surface area contributed by atoms with Crippen molar-refractivity contribution in [3.63, 3.8) is 0 Å². The molecule has 1 aromatic rings. The summed E-state index contributed by atoms with van der Waals surface area (Å²) in [6, 6.07) is 3.56. The maximum absolute atomic E-state index is 9.06. The number of hydrogen-bond acceptors (Lipinski definition) is 4. The second-order valence-corrected chi connectivity index (χ2v) is 3.21. The predicted octanol–water partition coefficient (Wildman–Crippen LogP) is 1.38. The molecule has 1 unspecified atom stereocenters. The third-order valence-electron chi connectivity index (χ3n) is 1.89. The maximum Gasteiger partial charge on any atom is 0.219 e. The van der Waals surface area contributed by atoms with Crippen molar-refractivity contribution in [1.82, 2.24) is 4.98 Å². The zero-order valence-electron chi connectivity index (χ0n) is 9.14. The SMILES string of the molecule is CCOCC(C)Oc1ncccc1CO. The summed E-state index contributed by atoms with van der Waals surface area (Å²) in [4.78, 5) is 4.06. The molecule has 0 saturated heterocycles. The molecule has 0 aliphatic rings. The van der Waals surface area contributed by atoms with Gasteiger partial charge in [0.05, 0.1) is 13.2 Å². The van der Waals surface area contributed by atoms with Gasteiger partial charge in [-0.3, -0.25) is 0 Å². The molecule has 1 aromatic heterocycles. The quantitative estimate of drug-likeness (QED) is 0.772. The number of pyridine rings is 1. The van der Waals surface area contributed by atoms with Crippen LogP contribution in [0.2, 0.25) is 0 Å². The average Bonchev–Trinajstić information content (AvgIpc) is 2.27. The molecule has 1 atom stereocenters. The topological polar surface area (TPSA) is 51.6 Å². The molecule has 4 nitrogen and oxygen atoms in total. The Bertz CT molecular complexity index is 291. The summed E-state index contributed by atoms with van der Waals surface area (Å²) in [5.41, 5.74) is 0.695. The van der Waals surface area contributed by atoms with Gasteiger partial charge in [0.2, 0.25) is 5.88 Å². The summed E-state index contributed by atoms with van der Waals surface area (Å²) in [5.74, 6) is 0.479. The van der Waals surface area contributed by atoms with E-state index >= 15 is 0 Å². The van der Waals surface area contributed by atoms with Crippen molar-refractivity contribution in [1.29, 1.82) is 0 Å². The highest BCUT2D eigenvalue weighted by Crippen LogP contribution is 2.15. The first kappa shape index (κ1) is 11.9. The Kier molecular flexibility index (Phi) is 5.07. The van der Waals surface area contributed by atoms with Crippen molar-refractivity contribution in [2.75, 3.05) is 13.2 Å². The third kappa shape index (κ3) is 3.85. The molecular weight excluding hydrogens is 194 g/mol. The van der Waals surface area contributed by atoms with E-state index in [-0.39, 0.29) is 12.7 Å². The molecule has 84 valence electrons. The number of aliphatic hydroxyl groups excluding tert-OH is 1. The van der Waals surface area contributed by atoms with E-state index in [1.54, 1.807) is 18.3 Å². The second kappa shape index (κ2) is 6.37. The standard InChI is InChI=1S/C11H17NO3/c1-3-14-8-9(2)15-11-10(7-13)5-4-6-12-11/h4-6,9,13H,3,7-8H2,1-2H3. The Hall–Kier alpha value is -1.13. The number of aliphatic hydroxyl groups is 1. The normalized spacial score (nSPS) is 12.5. The first-order chi connectivity index (χ1) is 7.27. The molecule has 1 N–H and O–H groups in total. The Labute approximate surface area is 89.9 Å². The van der Waals surface area contributed by atoms with Gasteiger partial charge in [0.25, 0.3) is 0 Å². The molecular formula is C11H17NO3. The molecule has 0 aliphatic carbocycles. The van der Waals surface area contributed by atoms with Crippen molar-refractivity contribution >= 4 is 0 Å². The van der Waals surface area contributed by atoms with Gasteiger partial charge in [0, 0.05) is 18.4 Å². The molecule has 0 aliphatic heterocycles. The molecule has 0 bridgehead atoms. The summed E-state index contributed by atoms with van der Waals surface area (Å²) in [5, 5.41) is 9.06. The molecule has 0 radical (unpaired) electrons. The van der Waals surface area contributed by atoms with E-state index in [0.29, 0.717) is 24.7 Å². The number of hydrogen-bond donors (Lipinski definition) is 1. The molecule has 15 heavy (non-hydrogen) atoms. The lowest BCUT2D eigenvalue weighted by Crippen LogP contribution is -2.20. The molecule has 4 heteroatoms. The first-order valence-corrected chi connectivity index (χ1v) is 5.07. The van der Waals surface area contributed by atoms with Gasteiger partial charge in [-0.05, 0) is 26.0 Å². The molecule has 1 rings (SSSR count). The zero-order chi connectivity index (χ0) is 11.1. The highest BCUT2D eigenvalue weighted by molar-refractivity contribution is 5.24. The van der Waals surface area contributed by atoms with E-state index < -0.39 is 0 Å². The number of rotatable bonds is 6. The average molecular weight is 211 g/mol. The van der Waals surface area contributed by atoms with Gasteiger partial charge in [-0.1, -0.05) is 0 Å². The van der Waals surface area contributed by atoms with Crippen LogP contribution in [-0.2, 0) is 11.3 Å². The van der Waals surface area contributed by atoms with E-state index in [0.717, 1.165) is 0 Å². The van der Waals surface area contributed by atoms with E-state index in [1.165, 1.54) is 0 Å². The van der Waals surface area contributed by atoms with Crippen molar-refractivity contribution < 1.29 is 14.6 Å². The van der Waals surface area contributed by atoms with Crippen LogP contribution < -0.4 is 4.74 Å². The van der Waals surface area contributed by atoms with E-state index in [4.69, 9.17) is 14.6 Å². The van der Waals surface area contributed by atoms with Crippen molar-refractivity contribution in [3.05, 3.63) is 23.9 Å². The Balaban J connectivity index is 2.55. The minimum atomic E-state index is -0.0650.